The Kier molecular flexibility index (Phi) is 4.88. The van der Waals surface area contributed by atoms with Crippen LogP contribution >= 0.6 is 11.6 Å². The molecule has 1 saturated heterocycles. The van der Waals surface area contributed by atoms with Gasteiger partial charge in [-0.15, -0.1) is 0 Å². The van der Waals surface area contributed by atoms with Gasteiger partial charge >= 0.3 is 0 Å². The van der Waals surface area contributed by atoms with Crippen molar-refractivity contribution in [2.24, 2.45) is 0 Å². The van der Waals surface area contributed by atoms with Gasteiger partial charge in [0.1, 0.15) is 0 Å². The molecule has 0 saturated carbocycles. The number of hydrogen-bond donors (Lipinski definition) is 1. The Morgan fingerprint density at radius 3 is 2.11 bits per heavy atom. The Hall–Kier alpha value is -0.570. The molecule has 1 aliphatic heterocycles. The lowest BCUT2D eigenvalue weighted by Crippen LogP contribution is -2.48. The molecule has 1 aromatic rings. The van der Waals surface area contributed by atoms with Gasteiger partial charge in [0, 0.05) is 10.6 Å². The predicted octanol–water partition coefficient (Wildman–Crippen LogP) is 4.03. The van der Waals surface area contributed by atoms with Gasteiger partial charge in [0.15, 0.2) is 0 Å². The van der Waals surface area contributed by atoms with E-state index in [2.05, 4.69) is 18.7 Å². The molecule has 2 nitrogen and oxygen atoms in total. The van der Waals surface area contributed by atoms with Crippen LogP contribution in [0.2, 0.25) is 5.02 Å². The summed E-state index contributed by atoms with van der Waals surface area (Å²) in [5.74, 6) is 0. The summed E-state index contributed by atoms with van der Waals surface area (Å²) in [6, 6.07) is 7.54. The van der Waals surface area contributed by atoms with E-state index in [1.165, 1.54) is 25.7 Å². The van der Waals surface area contributed by atoms with Gasteiger partial charge in [-0.3, -0.25) is 4.90 Å². The third-order valence-electron chi connectivity index (χ3n) is 4.28. The van der Waals surface area contributed by atoms with Crippen molar-refractivity contribution in [3.63, 3.8) is 0 Å². The van der Waals surface area contributed by atoms with Crippen LogP contribution in [0.3, 0.4) is 0 Å². The van der Waals surface area contributed by atoms with E-state index < -0.39 is 6.10 Å². The normalized spacial score (nSPS) is 20.0. The SMILES string of the molecule is CC(C)(C(O)c1ccc(Cl)cc1)N1CCCCCC1. The molecule has 0 spiro atoms. The molecule has 0 bridgehead atoms. The highest BCUT2D eigenvalue weighted by Crippen LogP contribution is 2.33. The molecule has 0 amide bonds. The number of halogens is 1. The summed E-state index contributed by atoms with van der Waals surface area (Å²) in [6.07, 6.45) is 4.60. The van der Waals surface area contributed by atoms with Gasteiger partial charge in [-0.05, 0) is 57.5 Å². The molecular formula is C16H24ClNO. The van der Waals surface area contributed by atoms with Gasteiger partial charge in [-0.2, -0.15) is 0 Å². The van der Waals surface area contributed by atoms with E-state index >= 15 is 0 Å². The summed E-state index contributed by atoms with van der Waals surface area (Å²) >= 11 is 5.91. The molecule has 19 heavy (non-hydrogen) atoms. The minimum atomic E-state index is -0.483. The van der Waals surface area contributed by atoms with Crippen LogP contribution in [-0.4, -0.2) is 28.6 Å². The molecule has 3 heteroatoms. The fourth-order valence-electron chi connectivity index (χ4n) is 2.87. The van der Waals surface area contributed by atoms with Crippen LogP contribution < -0.4 is 0 Å². The summed E-state index contributed by atoms with van der Waals surface area (Å²) in [5.41, 5.74) is 0.705. The van der Waals surface area contributed by atoms with Crippen LogP contribution in [-0.2, 0) is 0 Å². The minimum absolute atomic E-state index is 0.238. The van der Waals surface area contributed by atoms with Gasteiger partial charge in [0.05, 0.1) is 6.10 Å². The first kappa shape index (κ1) is 14.8. The van der Waals surface area contributed by atoms with E-state index in [0.717, 1.165) is 18.7 Å². The van der Waals surface area contributed by atoms with Crippen LogP contribution in [0.5, 0.6) is 0 Å². The minimum Gasteiger partial charge on any atom is -0.386 e. The second-order valence-electron chi connectivity index (χ2n) is 6.01. The van der Waals surface area contributed by atoms with Crippen molar-refractivity contribution in [3.8, 4) is 0 Å². The predicted molar refractivity (Wildman–Crippen MR) is 80.5 cm³/mol. The highest BCUT2D eigenvalue weighted by Gasteiger charge is 2.35. The Morgan fingerprint density at radius 1 is 1.05 bits per heavy atom. The number of likely N-dealkylation sites (tertiary alicyclic amines) is 1. The van der Waals surface area contributed by atoms with Crippen molar-refractivity contribution in [2.75, 3.05) is 13.1 Å². The molecule has 1 aromatic carbocycles. The molecule has 1 fully saturated rings. The number of aliphatic hydroxyl groups is 1. The fourth-order valence-corrected chi connectivity index (χ4v) is 3.00. The van der Waals surface area contributed by atoms with Crippen molar-refractivity contribution >= 4 is 11.6 Å². The number of aliphatic hydroxyl groups excluding tert-OH is 1. The van der Waals surface area contributed by atoms with Gasteiger partial charge < -0.3 is 5.11 Å². The van der Waals surface area contributed by atoms with E-state index in [1.54, 1.807) is 0 Å². The molecule has 0 aliphatic carbocycles. The van der Waals surface area contributed by atoms with Crippen LogP contribution in [0.4, 0.5) is 0 Å². The zero-order chi connectivity index (χ0) is 13.9. The Morgan fingerprint density at radius 2 is 1.58 bits per heavy atom. The summed E-state index contributed by atoms with van der Waals surface area (Å²) < 4.78 is 0. The van der Waals surface area contributed by atoms with Gasteiger partial charge in [0.25, 0.3) is 0 Å². The van der Waals surface area contributed by atoms with E-state index in [0.29, 0.717) is 5.02 Å². The number of nitrogens with zero attached hydrogens (tertiary/aromatic N) is 1. The molecule has 1 unspecified atom stereocenters. The van der Waals surface area contributed by atoms with E-state index in [9.17, 15) is 5.11 Å². The van der Waals surface area contributed by atoms with Gasteiger partial charge in [-0.1, -0.05) is 36.6 Å². The lowest BCUT2D eigenvalue weighted by atomic mass is 9.89. The standard InChI is InChI=1S/C16H24ClNO/c1-16(2,18-11-5-3-4-6-12-18)15(19)13-7-9-14(17)10-8-13/h7-10,15,19H,3-6,11-12H2,1-2H3. The van der Waals surface area contributed by atoms with Crippen LogP contribution in [0, 0.1) is 0 Å². The average molecular weight is 282 g/mol. The maximum Gasteiger partial charge on any atom is 0.0968 e. The molecule has 106 valence electrons. The maximum atomic E-state index is 10.7. The second kappa shape index (κ2) is 6.25. The molecule has 2 rings (SSSR count). The first-order chi connectivity index (χ1) is 9.01. The first-order valence-corrected chi connectivity index (χ1v) is 7.58. The topological polar surface area (TPSA) is 23.5 Å². The highest BCUT2D eigenvalue weighted by molar-refractivity contribution is 6.30. The van der Waals surface area contributed by atoms with Crippen LogP contribution in [0.1, 0.15) is 51.2 Å². The van der Waals surface area contributed by atoms with Crippen molar-refractivity contribution in [2.45, 2.75) is 51.2 Å². The monoisotopic (exact) mass is 281 g/mol. The van der Waals surface area contributed by atoms with Crippen LogP contribution in [0.15, 0.2) is 24.3 Å². The second-order valence-corrected chi connectivity index (χ2v) is 6.45. The molecular weight excluding hydrogens is 258 g/mol. The van der Waals surface area contributed by atoms with Crippen molar-refractivity contribution in [1.29, 1.82) is 0 Å². The Bertz CT molecular complexity index is 394. The maximum absolute atomic E-state index is 10.7. The Labute approximate surface area is 121 Å². The van der Waals surface area contributed by atoms with Crippen molar-refractivity contribution in [1.82, 2.24) is 4.90 Å². The van der Waals surface area contributed by atoms with E-state index in [1.807, 2.05) is 24.3 Å². The van der Waals surface area contributed by atoms with Crippen molar-refractivity contribution in [3.05, 3.63) is 34.9 Å². The smallest absolute Gasteiger partial charge is 0.0968 e. The molecule has 1 atom stereocenters. The quantitative estimate of drug-likeness (QED) is 0.904. The first-order valence-electron chi connectivity index (χ1n) is 7.20. The molecule has 0 aromatic heterocycles. The third-order valence-corrected chi connectivity index (χ3v) is 4.53. The van der Waals surface area contributed by atoms with Crippen molar-refractivity contribution < 1.29 is 5.11 Å². The van der Waals surface area contributed by atoms with Gasteiger partial charge in [-0.25, -0.2) is 0 Å². The molecule has 1 heterocycles. The largest absolute Gasteiger partial charge is 0.386 e. The zero-order valence-corrected chi connectivity index (χ0v) is 12.7. The zero-order valence-electron chi connectivity index (χ0n) is 11.9. The lowest BCUT2D eigenvalue weighted by molar-refractivity contribution is -0.01000. The van der Waals surface area contributed by atoms with E-state index in [-0.39, 0.29) is 5.54 Å². The molecule has 1 N–H and O–H groups in total. The van der Waals surface area contributed by atoms with Gasteiger partial charge in [0.2, 0.25) is 0 Å². The number of benzene rings is 1. The molecule has 1 aliphatic rings. The lowest BCUT2D eigenvalue weighted by Gasteiger charge is -2.41. The number of hydrogen-bond acceptors (Lipinski definition) is 2. The van der Waals surface area contributed by atoms with Crippen LogP contribution in [0.25, 0.3) is 0 Å². The summed E-state index contributed by atoms with van der Waals surface area (Å²) in [7, 11) is 0. The average Bonchev–Trinajstić information content (AvgIpc) is 2.68. The summed E-state index contributed by atoms with van der Waals surface area (Å²) in [6.45, 7) is 6.44. The molecule has 0 radical (unpaired) electrons. The third kappa shape index (κ3) is 3.50. The summed E-state index contributed by atoms with van der Waals surface area (Å²) in [5, 5.41) is 11.4. The fraction of sp³-hybridized carbons (Fsp3) is 0.625. The highest BCUT2D eigenvalue weighted by atomic mass is 35.5. The Balaban J connectivity index is 2.14. The van der Waals surface area contributed by atoms with E-state index in [4.69, 9.17) is 11.6 Å². The summed E-state index contributed by atoms with van der Waals surface area (Å²) in [4.78, 5) is 2.43. The number of rotatable bonds is 3.